The molecule has 5 heteroatoms. The zero-order chi connectivity index (χ0) is 15.0. The van der Waals surface area contributed by atoms with Crippen LogP contribution in [0.25, 0.3) is 10.1 Å². The van der Waals surface area contributed by atoms with Crippen molar-refractivity contribution in [3.05, 3.63) is 63.0 Å². The van der Waals surface area contributed by atoms with Crippen LogP contribution in [0.4, 0.5) is 5.69 Å². The van der Waals surface area contributed by atoms with Crippen molar-refractivity contribution in [3.8, 4) is 0 Å². The first-order chi connectivity index (χ1) is 10.1. The highest BCUT2D eigenvalue weighted by Gasteiger charge is 2.17. The Kier molecular flexibility index (Phi) is 3.89. The van der Waals surface area contributed by atoms with E-state index in [4.69, 9.17) is 23.2 Å². The summed E-state index contributed by atoms with van der Waals surface area (Å²) >= 11 is 13.6. The number of aryl methyl sites for hydroxylation is 1. The Hall–Kier alpha value is -1.55. The summed E-state index contributed by atoms with van der Waals surface area (Å²) in [5, 5.41) is 4.85. The number of nitrogens with one attached hydrogen (secondary N) is 1. The lowest BCUT2D eigenvalue weighted by Crippen LogP contribution is -2.11. The van der Waals surface area contributed by atoms with Gasteiger partial charge in [-0.2, -0.15) is 0 Å². The van der Waals surface area contributed by atoms with E-state index in [1.54, 1.807) is 6.07 Å². The molecule has 0 atom stereocenters. The van der Waals surface area contributed by atoms with Crippen molar-refractivity contribution in [3.63, 3.8) is 0 Å². The van der Waals surface area contributed by atoms with Crippen molar-refractivity contribution in [2.24, 2.45) is 0 Å². The van der Waals surface area contributed by atoms with Gasteiger partial charge in [-0.15, -0.1) is 11.3 Å². The van der Waals surface area contributed by atoms with Gasteiger partial charge in [-0.05, 0) is 30.7 Å². The van der Waals surface area contributed by atoms with Crippen molar-refractivity contribution in [2.45, 2.75) is 6.92 Å². The fourth-order valence-electron chi connectivity index (χ4n) is 2.08. The normalized spacial score (nSPS) is 10.8. The third-order valence-corrected chi connectivity index (χ3v) is 5.08. The Morgan fingerprint density at radius 2 is 1.90 bits per heavy atom. The van der Waals surface area contributed by atoms with Crippen LogP contribution in [0.5, 0.6) is 0 Å². The Morgan fingerprint density at radius 1 is 1.14 bits per heavy atom. The first kappa shape index (κ1) is 14.4. The summed E-state index contributed by atoms with van der Waals surface area (Å²) in [6.07, 6.45) is 0. The number of anilines is 1. The number of amides is 1. The molecule has 1 aromatic heterocycles. The molecule has 0 aliphatic carbocycles. The SMILES string of the molecule is Cc1ccccc1NC(=O)c1sc2cc(Cl)ccc2c1Cl. The molecule has 21 heavy (non-hydrogen) atoms. The van der Waals surface area contributed by atoms with E-state index in [-0.39, 0.29) is 5.91 Å². The van der Waals surface area contributed by atoms with Crippen LogP contribution in [0.15, 0.2) is 42.5 Å². The molecule has 1 heterocycles. The number of halogens is 2. The molecule has 0 unspecified atom stereocenters. The topological polar surface area (TPSA) is 29.1 Å². The zero-order valence-corrected chi connectivity index (χ0v) is 13.4. The molecule has 2 aromatic carbocycles. The van der Waals surface area contributed by atoms with Gasteiger partial charge in [0.1, 0.15) is 4.88 Å². The molecule has 1 N–H and O–H groups in total. The first-order valence-corrected chi connectivity index (χ1v) is 7.88. The maximum Gasteiger partial charge on any atom is 0.267 e. The van der Waals surface area contributed by atoms with E-state index in [0.29, 0.717) is 14.9 Å². The molecule has 3 rings (SSSR count). The molecule has 0 saturated heterocycles. The summed E-state index contributed by atoms with van der Waals surface area (Å²) in [5.74, 6) is -0.202. The third-order valence-electron chi connectivity index (χ3n) is 3.19. The summed E-state index contributed by atoms with van der Waals surface area (Å²) in [5.41, 5.74) is 1.79. The van der Waals surface area contributed by atoms with E-state index in [1.807, 2.05) is 43.3 Å². The van der Waals surface area contributed by atoms with Gasteiger partial charge in [0, 0.05) is 20.8 Å². The Morgan fingerprint density at radius 3 is 2.67 bits per heavy atom. The minimum Gasteiger partial charge on any atom is -0.321 e. The van der Waals surface area contributed by atoms with E-state index in [0.717, 1.165) is 21.3 Å². The van der Waals surface area contributed by atoms with Crippen LogP contribution in [0.3, 0.4) is 0 Å². The molecule has 1 amide bonds. The van der Waals surface area contributed by atoms with Gasteiger partial charge in [-0.1, -0.05) is 47.5 Å². The summed E-state index contributed by atoms with van der Waals surface area (Å²) in [6, 6.07) is 13.0. The Bertz CT molecular complexity index is 841. The second-order valence-electron chi connectivity index (χ2n) is 4.65. The van der Waals surface area contributed by atoms with Crippen LogP contribution in [0, 0.1) is 6.92 Å². The van der Waals surface area contributed by atoms with Crippen LogP contribution in [-0.2, 0) is 0 Å². The second-order valence-corrected chi connectivity index (χ2v) is 6.52. The van der Waals surface area contributed by atoms with Gasteiger partial charge >= 0.3 is 0 Å². The van der Waals surface area contributed by atoms with Gasteiger partial charge in [-0.25, -0.2) is 0 Å². The molecule has 0 saturated carbocycles. The maximum atomic E-state index is 12.4. The third kappa shape index (κ3) is 2.77. The molecule has 0 radical (unpaired) electrons. The summed E-state index contributed by atoms with van der Waals surface area (Å²) in [6.45, 7) is 1.95. The van der Waals surface area contributed by atoms with Crippen LogP contribution in [-0.4, -0.2) is 5.91 Å². The number of fused-ring (bicyclic) bond motifs is 1. The van der Waals surface area contributed by atoms with E-state index in [2.05, 4.69) is 5.32 Å². The number of hydrogen-bond acceptors (Lipinski definition) is 2. The predicted molar refractivity (Wildman–Crippen MR) is 91.0 cm³/mol. The van der Waals surface area contributed by atoms with Gasteiger partial charge in [-0.3, -0.25) is 4.79 Å². The number of hydrogen-bond donors (Lipinski definition) is 1. The van der Waals surface area contributed by atoms with Crippen molar-refractivity contribution < 1.29 is 4.79 Å². The minimum atomic E-state index is -0.202. The molecule has 0 spiro atoms. The lowest BCUT2D eigenvalue weighted by molar-refractivity contribution is 0.103. The molecule has 0 fully saturated rings. The summed E-state index contributed by atoms with van der Waals surface area (Å²) in [7, 11) is 0. The molecule has 106 valence electrons. The number of carbonyl (C=O) groups is 1. The quantitative estimate of drug-likeness (QED) is 0.632. The predicted octanol–water partition coefficient (Wildman–Crippen LogP) is 5.77. The fourth-order valence-corrected chi connectivity index (χ4v) is 3.77. The average molecular weight is 336 g/mol. The van der Waals surface area contributed by atoms with Gasteiger partial charge in [0.05, 0.1) is 5.02 Å². The van der Waals surface area contributed by atoms with Crippen molar-refractivity contribution in [2.75, 3.05) is 5.32 Å². The smallest absolute Gasteiger partial charge is 0.267 e. The average Bonchev–Trinajstić information content (AvgIpc) is 2.78. The van der Waals surface area contributed by atoms with Crippen LogP contribution >= 0.6 is 34.5 Å². The zero-order valence-electron chi connectivity index (χ0n) is 11.1. The summed E-state index contributed by atoms with van der Waals surface area (Å²) < 4.78 is 0.905. The lowest BCUT2D eigenvalue weighted by atomic mass is 10.2. The number of benzene rings is 2. The highest BCUT2D eigenvalue weighted by atomic mass is 35.5. The van der Waals surface area contributed by atoms with Crippen LogP contribution in [0.1, 0.15) is 15.2 Å². The van der Waals surface area contributed by atoms with Crippen LogP contribution in [0.2, 0.25) is 10.0 Å². The molecule has 0 aliphatic heterocycles. The largest absolute Gasteiger partial charge is 0.321 e. The highest BCUT2D eigenvalue weighted by Crippen LogP contribution is 2.37. The van der Waals surface area contributed by atoms with Crippen molar-refractivity contribution >= 4 is 56.2 Å². The first-order valence-electron chi connectivity index (χ1n) is 6.31. The Labute approximate surface area is 136 Å². The van der Waals surface area contributed by atoms with E-state index < -0.39 is 0 Å². The summed E-state index contributed by atoms with van der Waals surface area (Å²) in [4.78, 5) is 12.9. The molecular formula is C16H11Cl2NOS. The molecule has 0 bridgehead atoms. The molecule has 2 nitrogen and oxygen atoms in total. The minimum absolute atomic E-state index is 0.202. The standard InChI is InChI=1S/C16H11Cl2NOS/c1-9-4-2-3-5-12(9)19-16(20)15-14(18)11-7-6-10(17)8-13(11)21-15/h2-8H,1H3,(H,19,20). The van der Waals surface area contributed by atoms with E-state index in [9.17, 15) is 4.79 Å². The lowest BCUT2D eigenvalue weighted by Gasteiger charge is -2.06. The van der Waals surface area contributed by atoms with E-state index in [1.165, 1.54) is 11.3 Å². The second kappa shape index (κ2) is 5.68. The van der Waals surface area contributed by atoms with Gasteiger partial charge < -0.3 is 5.32 Å². The van der Waals surface area contributed by atoms with Crippen molar-refractivity contribution in [1.29, 1.82) is 0 Å². The van der Waals surface area contributed by atoms with Crippen LogP contribution < -0.4 is 5.32 Å². The fraction of sp³-hybridized carbons (Fsp3) is 0.0625. The number of thiophene rings is 1. The number of carbonyl (C=O) groups excluding carboxylic acids is 1. The maximum absolute atomic E-state index is 12.4. The number of para-hydroxylation sites is 1. The monoisotopic (exact) mass is 335 g/mol. The number of rotatable bonds is 2. The molecule has 0 aliphatic rings. The van der Waals surface area contributed by atoms with Gasteiger partial charge in [0.25, 0.3) is 5.91 Å². The molecular weight excluding hydrogens is 325 g/mol. The van der Waals surface area contributed by atoms with E-state index >= 15 is 0 Å². The van der Waals surface area contributed by atoms with Crippen molar-refractivity contribution in [1.82, 2.24) is 0 Å². The van der Waals surface area contributed by atoms with Gasteiger partial charge in [0.2, 0.25) is 0 Å². The molecule has 3 aromatic rings. The Balaban J connectivity index is 1.98. The highest BCUT2D eigenvalue weighted by molar-refractivity contribution is 7.21. The van der Waals surface area contributed by atoms with Gasteiger partial charge in [0.15, 0.2) is 0 Å².